The van der Waals surface area contributed by atoms with Crippen LogP contribution in [0.1, 0.15) is 13.8 Å². The normalized spacial score (nSPS) is 17.7. The van der Waals surface area contributed by atoms with Gasteiger partial charge in [0.05, 0.1) is 17.5 Å². The summed E-state index contributed by atoms with van der Waals surface area (Å²) in [6.07, 6.45) is 0.126. The third kappa shape index (κ3) is 3.75. The first kappa shape index (κ1) is 14.0. The second-order valence-corrected chi connectivity index (χ2v) is 5.29. The molecular weight excluding hydrogens is 240 g/mol. The molecule has 0 unspecified atom stereocenters. The predicted octanol–water partition coefficient (Wildman–Crippen LogP) is 1.63. The number of likely N-dealkylation sites (N-methyl/N-ethyl adjacent to an activating group) is 1. The van der Waals surface area contributed by atoms with Crippen LogP contribution in [0.3, 0.4) is 0 Å². The molecule has 0 saturated carbocycles. The average molecular weight is 264 g/mol. The maximum Gasteiger partial charge on any atom is 0.144 e. The summed E-state index contributed by atoms with van der Waals surface area (Å²) < 4.78 is 5.70. The Bertz CT molecular complexity index is 414. The molecule has 0 aliphatic carbocycles. The second-order valence-electron chi connectivity index (χ2n) is 5.29. The van der Waals surface area contributed by atoms with Crippen LogP contribution in [0.15, 0.2) is 18.2 Å². The number of nitrogens with zero attached hydrogens (tertiary/aromatic N) is 2. The molecule has 5 heteroatoms. The quantitative estimate of drug-likeness (QED) is 0.810. The Kier molecular flexibility index (Phi) is 4.50. The molecule has 19 heavy (non-hydrogen) atoms. The molecule has 0 radical (unpaired) electrons. The standard InChI is InChI=1S/C14H24N4O/c1-11(2)19-13-6-4-5-12(14(13)15)16-18-9-7-17(3)8-10-18/h4-6,11,16H,7-10,15H2,1-3H3. The largest absolute Gasteiger partial charge is 0.489 e. The Morgan fingerprint density at radius 2 is 1.89 bits per heavy atom. The maximum absolute atomic E-state index is 6.15. The summed E-state index contributed by atoms with van der Waals surface area (Å²) in [6, 6.07) is 5.86. The second kappa shape index (κ2) is 6.12. The Morgan fingerprint density at radius 3 is 2.53 bits per heavy atom. The summed E-state index contributed by atoms with van der Waals surface area (Å²) in [5.74, 6) is 0.745. The molecule has 1 aliphatic rings. The molecule has 0 bridgehead atoms. The summed E-state index contributed by atoms with van der Waals surface area (Å²) in [5, 5.41) is 2.20. The third-order valence-corrected chi connectivity index (χ3v) is 3.21. The Labute approximate surface area is 115 Å². The number of ether oxygens (including phenoxy) is 1. The van der Waals surface area contributed by atoms with Crippen LogP contribution in [0.4, 0.5) is 11.4 Å². The van der Waals surface area contributed by atoms with Crippen molar-refractivity contribution in [2.45, 2.75) is 20.0 Å². The van der Waals surface area contributed by atoms with Crippen molar-refractivity contribution in [2.24, 2.45) is 0 Å². The van der Waals surface area contributed by atoms with Crippen LogP contribution in [-0.4, -0.2) is 49.2 Å². The molecular formula is C14H24N4O. The van der Waals surface area contributed by atoms with Crippen LogP contribution in [0.5, 0.6) is 5.75 Å². The minimum absolute atomic E-state index is 0.126. The van der Waals surface area contributed by atoms with Crippen LogP contribution in [0.25, 0.3) is 0 Å². The van der Waals surface area contributed by atoms with Gasteiger partial charge in [-0.2, -0.15) is 0 Å². The molecule has 3 N–H and O–H groups in total. The van der Waals surface area contributed by atoms with E-state index in [0.717, 1.165) is 37.6 Å². The zero-order valence-electron chi connectivity index (χ0n) is 12.0. The van der Waals surface area contributed by atoms with Gasteiger partial charge in [0.2, 0.25) is 0 Å². The Hall–Kier alpha value is -1.46. The lowest BCUT2D eigenvalue weighted by Crippen LogP contribution is -2.47. The van der Waals surface area contributed by atoms with Gasteiger partial charge in [-0.1, -0.05) is 6.07 Å². The van der Waals surface area contributed by atoms with Gasteiger partial charge in [-0.15, -0.1) is 0 Å². The van der Waals surface area contributed by atoms with Gasteiger partial charge in [0.25, 0.3) is 0 Å². The number of piperazine rings is 1. The lowest BCUT2D eigenvalue weighted by atomic mass is 10.2. The van der Waals surface area contributed by atoms with Crippen molar-refractivity contribution < 1.29 is 4.74 Å². The summed E-state index contributed by atoms with van der Waals surface area (Å²) in [6.45, 7) is 8.11. The molecule has 1 heterocycles. The number of nitrogen functional groups attached to an aromatic ring is 1. The Balaban J connectivity index is 2.04. The topological polar surface area (TPSA) is 53.8 Å². The molecule has 0 atom stereocenters. The highest BCUT2D eigenvalue weighted by atomic mass is 16.5. The molecule has 2 rings (SSSR count). The molecule has 5 nitrogen and oxygen atoms in total. The fraction of sp³-hybridized carbons (Fsp3) is 0.571. The molecule has 0 aromatic heterocycles. The van der Waals surface area contributed by atoms with E-state index in [1.54, 1.807) is 0 Å². The maximum atomic E-state index is 6.15. The van der Waals surface area contributed by atoms with Crippen molar-refractivity contribution in [2.75, 3.05) is 44.4 Å². The minimum Gasteiger partial charge on any atom is -0.489 e. The lowest BCUT2D eigenvalue weighted by Gasteiger charge is -2.33. The molecule has 1 aromatic carbocycles. The van der Waals surface area contributed by atoms with E-state index in [1.807, 2.05) is 32.0 Å². The van der Waals surface area contributed by atoms with E-state index in [-0.39, 0.29) is 6.10 Å². The van der Waals surface area contributed by atoms with E-state index in [0.29, 0.717) is 5.69 Å². The van der Waals surface area contributed by atoms with Gasteiger partial charge < -0.3 is 20.8 Å². The van der Waals surface area contributed by atoms with Crippen molar-refractivity contribution in [3.05, 3.63) is 18.2 Å². The summed E-state index contributed by atoms with van der Waals surface area (Å²) in [4.78, 5) is 2.32. The van der Waals surface area contributed by atoms with Crippen molar-refractivity contribution in [3.63, 3.8) is 0 Å². The lowest BCUT2D eigenvalue weighted by molar-refractivity contribution is 0.179. The SMILES string of the molecule is CC(C)Oc1cccc(NN2CCN(C)CC2)c1N. The molecule has 1 aliphatic heterocycles. The van der Waals surface area contributed by atoms with E-state index in [1.165, 1.54) is 0 Å². The summed E-state index contributed by atoms with van der Waals surface area (Å²) in [7, 11) is 2.14. The van der Waals surface area contributed by atoms with E-state index < -0.39 is 0 Å². The van der Waals surface area contributed by atoms with Crippen LogP contribution < -0.4 is 15.9 Å². The molecule has 1 fully saturated rings. The van der Waals surface area contributed by atoms with Gasteiger partial charge in [0.1, 0.15) is 5.75 Å². The molecule has 1 saturated heterocycles. The van der Waals surface area contributed by atoms with Crippen LogP contribution in [0.2, 0.25) is 0 Å². The van der Waals surface area contributed by atoms with Crippen molar-refractivity contribution >= 4 is 11.4 Å². The first-order chi connectivity index (χ1) is 9.06. The van der Waals surface area contributed by atoms with Gasteiger partial charge >= 0.3 is 0 Å². The smallest absolute Gasteiger partial charge is 0.144 e. The van der Waals surface area contributed by atoms with Gasteiger partial charge in [-0.3, -0.25) is 0 Å². The predicted molar refractivity (Wildman–Crippen MR) is 79.3 cm³/mol. The summed E-state index contributed by atoms with van der Waals surface area (Å²) in [5.41, 5.74) is 11.1. The van der Waals surface area contributed by atoms with Crippen molar-refractivity contribution in [3.8, 4) is 5.75 Å². The zero-order chi connectivity index (χ0) is 13.8. The fourth-order valence-corrected chi connectivity index (χ4v) is 2.09. The van der Waals surface area contributed by atoms with Gasteiger partial charge in [-0.05, 0) is 33.0 Å². The summed E-state index contributed by atoms with van der Waals surface area (Å²) >= 11 is 0. The van der Waals surface area contributed by atoms with Gasteiger partial charge in [0.15, 0.2) is 0 Å². The number of para-hydroxylation sites is 1. The first-order valence-electron chi connectivity index (χ1n) is 6.81. The van der Waals surface area contributed by atoms with E-state index >= 15 is 0 Å². The zero-order valence-corrected chi connectivity index (χ0v) is 12.0. The number of nitrogens with two attached hydrogens (primary N) is 1. The molecule has 0 spiro atoms. The van der Waals surface area contributed by atoms with Crippen molar-refractivity contribution in [1.29, 1.82) is 0 Å². The fourth-order valence-electron chi connectivity index (χ4n) is 2.09. The molecule has 1 aromatic rings. The van der Waals surface area contributed by atoms with Crippen LogP contribution in [0, 0.1) is 0 Å². The first-order valence-corrected chi connectivity index (χ1v) is 6.81. The Morgan fingerprint density at radius 1 is 1.21 bits per heavy atom. The van der Waals surface area contributed by atoms with Gasteiger partial charge in [0, 0.05) is 26.2 Å². The number of hydrazine groups is 1. The minimum atomic E-state index is 0.126. The van der Waals surface area contributed by atoms with Crippen LogP contribution in [-0.2, 0) is 0 Å². The molecule has 0 amide bonds. The highest BCUT2D eigenvalue weighted by Gasteiger charge is 2.15. The molecule has 106 valence electrons. The third-order valence-electron chi connectivity index (χ3n) is 3.21. The number of anilines is 2. The highest BCUT2D eigenvalue weighted by Crippen LogP contribution is 2.30. The van der Waals surface area contributed by atoms with Crippen LogP contribution >= 0.6 is 0 Å². The van der Waals surface area contributed by atoms with E-state index in [2.05, 4.69) is 22.4 Å². The number of benzene rings is 1. The number of hydrogen-bond donors (Lipinski definition) is 2. The number of hydrogen-bond acceptors (Lipinski definition) is 5. The van der Waals surface area contributed by atoms with Crippen molar-refractivity contribution in [1.82, 2.24) is 9.91 Å². The van der Waals surface area contributed by atoms with E-state index in [9.17, 15) is 0 Å². The van der Waals surface area contributed by atoms with E-state index in [4.69, 9.17) is 10.5 Å². The number of rotatable bonds is 4. The monoisotopic (exact) mass is 264 g/mol. The van der Waals surface area contributed by atoms with Gasteiger partial charge in [-0.25, -0.2) is 5.01 Å². The average Bonchev–Trinajstić information content (AvgIpc) is 2.36. The number of nitrogens with one attached hydrogen (secondary N) is 1. The highest BCUT2D eigenvalue weighted by molar-refractivity contribution is 5.72.